The van der Waals surface area contributed by atoms with E-state index in [1.165, 1.54) is 98.2 Å². The van der Waals surface area contributed by atoms with E-state index in [0.29, 0.717) is 0 Å². The molecular weight excluding hydrogens is 615 g/mol. The molecule has 0 amide bonds. The van der Waals surface area contributed by atoms with Crippen LogP contribution >= 0.6 is 0 Å². The molecule has 1 unspecified atom stereocenters. The van der Waals surface area contributed by atoms with E-state index in [1.54, 1.807) is 0 Å². The third-order valence-corrected chi connectivity index (χ3v) is 10.8. The van der Waals surface area contributed by atoms with Crippen molar-refractivity contribution in [3.05, 3.63) is 190 Å². The predicted molar refractivity (Wildman–Crippen MR) is 217 cm³/mol. The summed E-state index contributed by atoms with van der Waals surface area (Å²) in [6.45, 7) is 2.11. The summed E-state index contributed by atoms with van der Waals surface area (Å²) in [7, 11) is 0. The van der Waals surface area contributed by atoms with Crippen LogP contribution < -0.4 is 26.2 Å². The highest BCUT2D eigenvalue weighted by molar-refractivity contribution is 6.28. The Hall–Kier alpha value is -6.44. The van der Waals surface area contributed by atoms with Gasteiger partial charge in [-0.25, -0.2) is 0 Å². The number of fused-ring (bicyclic) bond motifs is 5. The zero-order chi connectivity index (χ0) is 33.9. The molecule has 1 heteroatoms. The molecule has 0 radical (unpaired) electrons. The summed E-state index contributed by atoms with van der Waals surface area (Å²) in [6, 6.07) is 60.0. The number of nitrogens with one attached hydrogen (secondary N) is 1. The third kappa shape index (κ3) is 4.62. The van der Waals surface area contributed by atoms with Gasteiger partial charge in [-0.15, -0.1) is 0 Å². The number of hydrogen-bond donors (Lipinski definition) is 1. The molecule has 1 atom stereocenters. The molecule has 1 N–H and O–H groups in total. The predicted octanol–water partition coefficient (Wildman–Crippen LogP) is 9.16. The van der Waals surface area contributed by atoms with Crippen LogP contribution in [0.1, 0.15) is 12.5 Å². The summed E-state index contributed by atoms with van der Waals surface area (Å²) in [5, 5.41) is 14.1. The van der Waals surface area contributed by atoms with E-state index in [1.807, 2.05) is 0 Å². The fourth-order valence-corrected chi connectivity index (χ4v) is 8.61. The maximum atomic E-state index is 3.99. The Morgan fingerprint density at radius 1 is 0.451 bits per heavy atom. The molecule has 0 aromatic heterocycles. The van der Waals surface area contributed by atoms with Crippen LogP contribution in [0.5, 0.6) is 0 Å². The quantitative estimate of drug-likeness (QED) is 0.201. The van der Waals surface area contributed by atoms with Gasteiger partial charge in [0.05, 0.1) is 11.7 Å². The van der Waals surface area contributed by atoms with Crippen molar-refractivity contribution in [2.75, 3.05) is 0 Å². The van der Waals surface area contributed by atoms with Crippen LogP contribution in [0.3, 0.4) is 0 Å². The highest BCUT2D eigenvalue weighted by atomic mass is 14.9. The van der Waals surface area contributed by atoms with E-state index in [0.717, 1.165) is 0 Å². The molecule has 51 heavy (non-hydrogen) atoms. The van der Waals surface area contributed by atoms with Gasteiger partial charge in [0.2, 0.25) is 0 Å². The first-order chi connectivity index (χ1) is 25.3. The molecule has 0 spiro atoms. The molecule has 2 aliphatic rings. The summed E-state index contributed by atoms with van der Waals surface area (Å²) >= 11 is 0. The zero-order valence-corrected chi connectivity index (χ0v) is 28.4. The second-order valence-electron chi connectivity index (χ2n) is 13.5. The molecule has 1 aliphatic heterocycles. The molecule has 10 rings (SSSR count). The summed E-state index contributed by atoms with van der Waals surface area (Å²) in [5.41, 5.74) is 12.7. The Kier molecular flexibility index (Phi) is 6.85. The molecule has 0 saturated heterocycles. The summed E-state index contributed by atoms with van der Waals surface area (Å²) in [4.78, 5) is 0. The normalized spacial score (nSPS) is 15.1. The van der Waals surface area contributed by atoms with Crippen LogP contribution in [0.25, 0.3) is 90.0 Å². The first-order valence-corrected chi connectivity index (χ1v) is 17.9. The average molecular weight is 650 g/mol. The summed E-state index contributed by atoms with van der Waals surface area (Å²) < 4.78 is 0. The zero-order valence-electron chi connectivity index (χ0n) is 28.4. The lowest BCUT2D eigenvalue weighted by Crippen LogP contribution is -2.43. The molecule has 240 valence electrons. The van der Waals surface area contributed by atoms with Gasteiger partial charge in [0.1, 0.15) is 0 Å². The molecular formula is C50H35N. The minimum absolute atomic E-state index is 0.0379. The summed E-state index contributed by atoms with van der Waals surface area (Å²) in [6.07, 6.45) is 6.89. The van der Waals surface area contributed by atoms with Gasteiger partial charge in [-0.1, -0.05) is 182 Å². The fourth-order valence-electron chi connectivity index (χ4n) is 8.61. The van der Waals surface area contributed by atoms with Crippen molar-refractivity contribution in [2.24, 2.45) is 0 Å². The maximum Gasteiger partial charge on any atom is 0.0647 e. The highest BCUT2D eigenvalue weighted by Gasteiger charge is 2.31. The first-order valence-electron chi connectivity index (χ1n) is 17.9. The standard InChI is InChI=1S/C50H35N/c1-2-32-16-9-10-21-35(32)30-37-31-36-22-11-12-23-38(36)50(51-37)42-28-29-44-47-41(42)26-15-27-43(47)48-45(33-17-5-3-6-18-33)39-24-13-14-25-40(39)46(49(44)48)34-19-7-4-8-20-34/h2-31,37,51H,1H3/b32-2-,35-30+. The van der Waals surface area contributed by atoms with Gasteiger partial charge in [0, 0.05) is 10.8 Å². The van der Waals surface area contributed by atoms with Crippen LogP contribution in [-0.2, 0) is 0 Å². The lowest BCUT2D eigenvalue weighted by molar-refractivity contribution is 0.906. The number of benzene rings is 8. The topological polar surface area (TPSA) is 12.0 Å². The monoisotopic (exact) mass is 649 g/mol. The van der Waals surface area contributed by atoms with Crippen molar-refractivity contribution in [3.8, 4) is 44.5 Å². The first kappa shape index (κ1) is 29.5. The van der Waals surface area contributed by atoms with Crippen molar-refractivity contribution >= 4 is 45.5 Å². The second kappa shape index (κ2) is 11.9. The molecule has 8 aromatic carbocycles. The number of hydrogen-bond acceptors (Lipinski definition) is 1. The van der Waals surface area contributed by atoms with Gasteiger partial charge in [0.25, 0.3) is 0 Å². The van der Waals surface area contributed by atoms with Gasteiger partial charge >= 0.3 is 0 Å². The fraction of sp³-hybridized carbons (Fsp3) is 0.0400. The van der Waals surface area contributed by atoms with Gasteiger partial charge in [0.15, 0.2) is 0 Å². The molecule has 1 aliphatic carbocycles. The van der Waals surface area contributed by atoms with E-state index in [9.17, 15) is 0 Å². The van der Waals surface area contributed by atoms with Gasteiger partial charge in [-0.05, 0) is 88.6 Å². The summed E-state index contributed by atoms with van der Waals surface area (Å²) in [5.74, 6) is 0. The van der Waals surface area contributed by atoms with Crippen LogP contribution in [0, 0.1) is 0 Å². The van der Waals surface area contributed by atoms with Gasteiger partial charge < -0.3 is 5.32 Å². The molecule has 8 aromatic rings. The van der Waals surface area contributed by atoms with Gasteiger partial charge in [-0.3, -0.25) is 0 Å². The van der Waals surface area contributed by atoms with Crippen molar-refractivity contribution in [1.82, 2.24) is 5.32 Å². The van der Waals surface area contributed by atoms with Crippen molar-refractivity contribution < 1.29 is 0 Å². The largest absolute Gasteiger partial charge is 0.374 e. The number of rotatable bonds is 4. The Labute approximate surface area is 297 Å². The second-order valence-corrected chi connectivity index (χ2v) is 13.5. The molecule has 1 heterocycles. The van der Waals surface area contributed by atoms with Crippen molar-refractivity contribution in [3.63, 3.8) is 0 Å². The molecule has 1 nitrogen and oxygen atoms in total. The van der Waals surface area contributed by atoms with Crippen LogP contribution in [0.4, 0.5) is 0 Å². The highest BCUT2D eigenvalue weighted by Crippen LogP contribution is 2.58. The lowest BCUT2D eigenvalue weighted by atomic mass is 9.82. The van der Waals surface area contributed by atoms with E-state index in [2.05, 4.69) is 194 Å². The minimum atomic E-state index is 0.0379. The van der Waals surface area contributed by atoms with E-state index >= 15 is 0 Å². The van der Waals surface area contributed by atoms with Crippen molar-refractivity contribution in [1.29, 1.82) is 0 Å². The molecule has 0 fully saturated rings. The Balaban J connectivity index is 1.28. The Bertz CT molecular complexity index is 2840. The third-order valence-electron chi connectivity index (χ3n) is 10.8. The smallest absolute Gasteiger partial charge is 0.0647 e. The maximum absolute atomic E-state index is 3.99. The molecule has 0 saturated carbocycles. The van der Waals surface area contributed by atoms with E-state index < -0.39 is 0 Å². The average Bonchev–Trinajstić information content (AvgIpc) is 3.52. The van der Waals surface area contributed by atoms with E-state index in [4.69, 9.17) is 0 Å². The Morgan fingerprint density at radius 3 is 1.69 bits per heavy atom. The van der Waals surface area contributed by atoms with Gasteiger partial charge in [-0.2, -0.15) is 0 Å². The minimum Gasteiger partial charge on any atom is -0.374 e. The van der Waals surface area contributed by atoms with E-state index in [-0.39, 0.29) is 6.04 Å². The molecule has 0 bridgehead atoms. The van der Waals surface area contributed by atoms with Crippen LogP contribution in [0.15, 0.2) is 164 Å². The SMILES string of the molecule is C/C=c1/cccc/c1=C\C1C=c2ccccc2=C(c2ccc3c4c(cccc24)-c2c-3c(-c3ccccc3)c3ccccc3c2-c2ccccc2)N1. The van der Waals surface area contributed by atoms with Crippen molar-refractivity contribution in [2.45, 2.75) is 13.0 Å². The van der Waals surface area contributed by atoms with Crippen LogP contribution in [-0.4, -0.2) is 6.04 Å². The van der Waals surface area contributed by atoms with Crippen LogP contribution in [0.2, 0.25) is 0 Å². The Morgan fingerprint density at radius 2 is 1.00 bits per heavy atom. The lowest BCUT2D eigenvalue weighted by Gasteiger charge is -2.22.